The van der Waals surface area contributed by atoms with Gasteiger partial charge in [-0.05, 0) is 55.2 Å². The lowest BCUT2D eigenvalue weighted by Crippen LogP contribution is -2.35. The molecule has 2 heterocycles. The highest BCUT2D eigenvalue weighted by atomic mass is 16.2. The summed E-state index contributed by atoms with van der Waals surface area (Å²) in [5.74, 6) is -0.547. The maximum Gasteiger partial charge on any atom is 0.261 e. The van der Waals surface area contributed by atoms with Gasteiger partial charge in [0.05, 0.1) is 0 Å². The summed E-state index contributed by atoms with van der Waals surface area (Å²) in [7, 11) is 0. The van der Waals surface area contributed by atoms with Crippen LogP contribution >= 0.6 is 0 Å². The molecule has 2 aromatic carbocycles. The van der Waals surface area contributed by atoms with Crippen LogP contribution in [-0.2, 0) is 0 Å². The van der Waals surface area contributed by atoms with E-state index >= 15 is 0 Å². The van der Waals surface area contributed by atoms with Gasteiger partial charge in [0.2, 0.25) is 0 Å². The number of carbonyl (C=O) groups excluding carboxylic acids is 2. The van der Waals surface area contributed by atoms with Crippen LogP contribution < -0.4 is 10.9 Å². The smallest absolute Gasteiger partial charge is 0.261 e. The lowest BCUT2D eigenvalue weighted by atomic mass is 10.1. The number of pyridine rings is 1. The molecule has 1 saturated heterocycles. The van der Waals surface area contributed by atoms with Gasteiger partial charge in [-0.15, -0.1) is 0 Å². The van der Waals surface area contributed by atoms with Crippen LogP contribution in [0.15, 0.2) is 71.5 Å². The normalized spacial score (nSPS) is 13.7. The maximum atomic E-state index is 12.7. The van der Waals surface area contributed by atoms with Crippen molar-refractivity contribution in [3.63, 3.8) is 0 Å². The van der Waals surface area contributed by atoms with Crippen molar-refractivity contribution in [3.8, 4) is 11.3 Å². The van der Waals surface area contributed by atoms with Crippen LogP contribution in [-0.4, -0.2) is 34.8 Å². The van der Waals surface area contributed by atoms with Crippen LogP contribution in [0.1, 0.15) is 40.0 Å². The Labute approximate surface area is 174 Å². The number of rotatable bonds is 4. The third kappa shape index (κ3) is 4.33. The van der Waals surface area contributed by atoms with Crippen LogP contribution in [0.5, 0.6) is 0 Å². The van der Waals surface area contributed by atoms with Gasteiger partial charge in [0.15, 0.2) is 0 Å². The Balaban J connectivity index is 1.50. The van der Waals surface area contributed by atoms with Crippen molar-refractivity contribution in [1.29, 1.82) is 0 Å². The molecule has 4 rings (SSSR count). The summed E-state index contributed by atoms with van der Waals surface area (Å²) < 4.78 is 0. The van der Waals surface area contributed by atoms with E-state index < -0.39 is 11.5 Å². The Morgan fingerprint density at radius 3 is 2.37 bits per heavy atom. The topological polar surface area (TPSA) is 82.3 Å². The minimum absolute atomic E-state index is 0.0161. The quantitative estimate of drug-likeness (QED) is 0.695. The van der Waals surface area contributed by atoms with Gasteiger partial charge in [-0.3, -0.25) is 14.4 Å². The highest BCUT2D eigenvalue weighted by Crippen LogP contribution is 2.18. The fourth-order valence-corrected chi connectivity index (χ4v) is 3.65. The summed E-state index contributed by atoms with van der Waals surface area (Å²) in [6.07, 6.45) is 3.19. The average Bonchev–Trinajstić information content (AvgIpc) is 2.79. The molecule has 6 nitrogen and oxygen atoms in total. The number of nitrogens with one attached hydrogen (secondary N) is 2. The number of hydrogen-bond acceptors (Lipinski definition) is 3. The Morgan fingerprint density at radius 2 is 1.63 bits per heavy atom. The second-order valence-corrected chi connectivity index (χ2v) is 7.37. The third-order valence-electron chi connectivity index (χ3n) is 5.25. The molecule has 152 valence electrons. The molecule has 30 heavy (non-hydrogen) atoms. The van der Waals surface area contributed by atoms with Crippen LogP contribution in [0.2, 0.25) is 0 Å². The van der Waals surface area contributed by atoms with Gasteiger partial charge >= 0.3 is 0 Å². The Bertz CT molecular complexity index is 1120. The Hall–Kier alpha value is -3.67. The average molecular weight is 401 g/mol. The number of H-pyrrole nitrogens is 1. The number of carbonyl (C=O) groups is 2. The fourth-order valence-electron chi connectivity index (χ4n) is 3.65. The summed E-state index contributed by atoms with van der Waals surface area (Å²) in [5, 5.41) is 2.73. The molecule has 1 aliphatic heterocycles. The minimum Gasteiger partial charge on any atom is -0.339 e. The minimum atomic E-state index is -0.515. The number of aromatic nitrogens is 1. The van der Waals surface area contributed by atoms with Crippen molar-refractivity contribution in [2.45, 2.75) is 19.3 Å². The first-order chi connectivity index (χ1) is 14.6. The molecule has 2 N–H and O–H groups in total. The van der Waals surface area contributed by atoms with E-state index in [1.165, 1.54) is 6.07 Å². The highest BCUT2D eigenvalue weighted by molar-refractivity contribution is 6.05. The van der Waals surface area contributed by atoms with E-state index in [-0.39, 0.29) is 11.5 Å². The lowest BCUT2D eigenvalue weighted by molar-refractivity contribution is 0.0724. The summed E-state index contributed by atoms with van der Waals surface area (Å²) >= 11 is 0. The predicted molar refractivity (Wildman–Crippen MR) is 117 cm³/mol. The van der Waals surface area contributed by atoms with Crippen molar-refractivity contribution < 1.29 is 9.59 Å². The number of aromatic amines is 1. The zero-order chi connectivity index (χ0) is 20.9. The van der Waals surface area contributed by atoms with E-state index in [4.69, 9.17) is 0 Å². The van der Waals surface area contributed by atoms with Gasteiger partial charge in [0, 0.05) is 30.0 Å². The second kappa shape index (κ2) is 8.78. The zero-order valence-corrected chi connectivity index (χ0v) is 16.6. The number of likely N-dealkylation sites (tertiary alicyclic amines) is 1. The SMILES string of the molecule is O=C(Nc1cccc(C(=O)N2CCCCC2)c1)c1ccc(-c2ccccc2)[nH]c1=O. The van der Waals surface area contributed by atoms with Gasteiger partial charge in [0.1, 0.15) is 5.56 Å². The van der Waals surface area contributed by atoms with Crippen molar-refractivity contribution >= 4 is 17.5 Å². The molecule has 3 aromatic rings. The number of benzene rings is 2. The molecule has 0 spiro atoms. The number of amides is 2. The van der Waals surface area contributed by atoms with E-state index in [0.29, 0.717) is 16.9 Å². The van der Waals surface area contributed by atoms with Crippen LogP contribution in [0.25, 0.3) is 11.3 Å². The molecule has 2 amide bonds. The largest absolute Gasteiger partial charge is 0.339 e. The standard InChI is InChI=1S/C24H23N3O3/c28-22(20-12-13-21(26-23(20)29)17-8-3-1-4-9-17)25-19-11-7-10-18(16-19)24(30)27-14-5-2-6-15-27/h1,3-4,7-13,16H,2,5-6,14-15H2,(H,25,28)(H,26,29). The van der Waals surface area contributed by atoms with E-state index in [0.717, 1.165) is 37.9 Å². The van der Waals surface area contributed by atoms with Crippen molar-refractivity contribution in [2.24, 2.45) is 0 Å². The van der Waals surface area contributed by atoms with Gasteiger partial charge in [0.25, 0.3) is 17.4 Å². The van der Waals surface area contributed by atoms with Crippen molar-refractivity contribution in [2.75, 3.05) is 18.4 Å². The van der Waals surface area contributed by atoms with Crippen molar-refractivity contribution in [3.05, 3.63) is 88.2 Å². The first-order valence-corrected chi connectivity index (χ1v) is 10.1. The van der Waals surface area contributed by atoms with Crippen LogP contribution in [0.4, 0.5) is 5.69 Å². The van der Waals surface area contributed by atoms with Crippen LogP contribution in [0, 0.1) is 0 Å². The molecule has 0 aliphatic carbocycles. The number of nitrogens with zero attached hydrogens (tertiary/aromatic N) is 1. The van der Waals surface area contributed by atoms with E-state index in [2.05, 4.69) is 10.3 Å². The highest BCUT2D eigenvalue weighted by Gasteiger charge is 2.19. The van der Waals surface area contributed by atoms with Crippen LogP contribution in [0.3, 0.4) is 0 Å². The van der Waals surface area contributed by atoms with E-state index in [9.17, 15) is 14.4 Å². The summed E-state index contributed by atoms with van der Waals surface area (Å²) in [6, 6.07) is 19.5. The molecule has 0 atom stereocenters. The summed E-state index contributed by atoms with van der Waals surface area (Å²) in [4.78, 5) is 42.4. The predicted octanol–water partition coefficient (Wildman–Crippen LogP) is 3.92. The van der Waals surface area contributed by atoms with E-state index in [1.807, 2.05) is 35.2 Å². The number of piperidine rings is 1. The molecule has 1 aromatic heterocycles. The number of anilines is 1. The van der Waals surface area contributed by atoms with Gasteiger partial charge in [-0.2, -0.15) is 0 Å². The third-order valence-corrected chi connectivity index (χ3v) is 5.25. The van der Waals surface area contributed by atoms with Gasteiger partial charge < -0.3 is 15.2 Å². The van der Waals surface area contributed by atoms with E-state index in [1.54, 1.807) is 30.3 Å². The molecule has 0 saturated carbocycles. The molecule has 0 unspecified atom stereocenters. The first kappa shape index (κ1) is 19.6. The molecule has 0 radical (unpaired) electrons. The Morgan fingerprint density at radius 1 is 0.867 bits per heavy atom. The first-order valence-electron chi connectivity index (χ1n) is 10.1. The number of hydrogen-bond donors (Lipinski definition) is 2. The molecule has 0 bridgehead atoms. The second-order valence-electron chi connectivity index (χ2n) is 7.37. The van der Waals surface area contributed by atoms with Gasteiger partial charge in [-0.25, -0.2) is 0 Å². The summed E-state index contributed by atoms with van der Waals surface area (Å²) in [5.41, 5.74) is 2.08. The zero-order valence-electron chi connectivity index (χ0n) is 16.6. The fraction of sp³-hybridized carbons (Fsp3) is 0.208. The Kier molecular flexibility index (Phi) is 5.75. The molecule has 6 heteroatoms. The maximum absolute atomic E-state index is 12.7. The summed E-state index contributed by atoms with van der Waals surface area (Å²) in [6.45, 7) is 1.52. The molecular weight excluding hydrogens is 378 g/mol. The molecule has 1 aliphatic rings. The molecule has 1 fully saturated rings. The van der Waals surface area contributed by atoms with Crippen molar-refractivity contribution in [1.82, 2.24) is 9.88 Å². The molecular formula is C24H23N3O3. The van der Waals surface area contributed by atoms with Gasteiger partial charge in [-0.1, -0.05) is 36.4 Å². The lowest BCUT2D eigenvalue weighted by Gasteiger charge is -2.26. The monoisotopic (exact) mass is 401 g/mol.